The second kappa shape index (κ2) is 6.43. The molecule has 2 N–H and O–H groups in total. The maximum Gasteiger partial charge on any atom is 0.308 e. The van der Waals surface area contributed by atoms with Gasteiger partial charge < -0.3 is 14.9 Å². The smallest absolute Gasteiger partial charge is 0.308 e. The zero-order valence-corrected chi connectivity index (χ0v) is 10.0. The van der Waals surface area contributed by atoms with Crippen molar-refractivity contribution in [3.8, 4) is 0 Å². The number of carbonyl (C=O) groups is 2. The molecule has 6 nitrogen and oxygen atoms in total. The van der Waals surface area contributed by atoms with Crippen molar-refractivity contribution in [2.75, 3.05) is 6.61 Å². The lowest BCUT2D eigenvalue weighted by Gasteiger charge is -2.14. The number of aromatic nitrogens is 1. The van der Waals surface area contributed by atoms with Crippen LogP contribution in [0.3, 0.4) is 0 Å². The second-order valence-corrected chi connectivity index (χ2v) is 4.14. The second-order valence-electron chi connectivity index (χ2n) is 3.25. The summed E-state index contributed by atoms with van der Waals surface area (Å²) < 4.78 is 4.64. The SMILES string of the molecule is CCOC(=O)CC(O)C(O)c1csc(C=O)n1. The molecule has 0 aliphatic rings. The Labute approximate surface area is 102 Å². The number of aldehydes is 1. The van der Waals surface area contributed by atoms with Gasteiger partial charge in [0, 0.05) is 5.38 Å². The zero-order valence-electron chi connectivity index (χ0n) is 9.20. The fourth-order valence-corrected chi connectivity index (χ4v) is 1.84. The molecule has 0 spiro atoms. The molecule has 1 aromatic rings. The Morgan fingerprint density at radius 3 is 2.88 bits per heavy atom. The number of esters is 1. The lowest BCUT2D eigenvalue weighted by molar-refractivity contribution is -0.147. The molecule has 7 heteroatoms. The molecule has 0 radical (unpaired) electrons. The van der Waals surface area contributed by atoms with Gasteiger partial charge in [0.2, 0.25) is 0 Å². The van der Waals surface area contributed by atoms with Crippen molar-refractivity contribution in [1.82, 2.24) is 4.98 Å². The highest BCUT2D eigenvalue weighted by molar-refractivity contribution is 7.11. The summed E-state index contributed by atoms with van der Waals surface area (Å²) in [6.45, 7) is 1.87. The maximum absolute atomic E-state index is 11.1. The van der Waals surface area contributed by atoms with E-state index < -0.39 is 18.2 Å². The van der Waals surface area contributed by atoms with Crippen LogP contribution in [0, 0.1) is 0 Å². The normalized spacial score (nSPS) is 14.1. The fraction of sp³-hybridized carbons (Fsp3) is 0.500. The van der Waals surface area contributed by atoms with Crippen LogP contribution in [0.15, 0.2) is 5.38 Å². The molecule has 94 valence electrons. The predicted octanol–water partition coefficient (Wildman–Crippen LogP) is 0.303. The van der Waals surface area contributed by atoms with Gasteiger partial charge in [-0.25, -0.2) is 4.98 Å². The summed E-state index contributed by atoms with van der Waals surface area (Å²) in [6, 6.07) is 0. The van der Waals surface area contributed by atoms with Gasteiger partial charge in [-0.15, -0.1) is 11.3 Å². The number of aliphatic hydroxyl groups excluding tert-OH is 2. The van der Waals surface area contributed by atoms with Gasteiger partial charge >= 0.3 is 5.97 Å². The summed E-state index contributed by atoms with van der Waals surface area (Å²) in [5.41, 5.74) is 0.175. The predicted molar refractivity (Wildman–Crippen MR) is 59.7 cm³/mol. The van der Waals surface area contributed by atoms with Crippen LogP contribution in [-0.4, -0.2) is 40.2 Å². The van der Waals surface area contributed by atoms with E-state index in [-0.39, 0.29) is 23.7 Å². The van der Waals surface area contributed by atoms with Crippen molar-refractivity contribution in [2.24, 2.45) is 0 Å². The molecule has 0 fully saturated rings. The Morgan fingerprint density at radius 2 is 2.35 bits per heavy atom. The molecule has 1 rings (SSSR count). The van der Waals surface area contributed by atoms with E-state index in [9.17, 15) is 19.8 Å². The van der Waals surface area contributed by atoms with E-state index in [1.807, 2.05) is 0 Å². The molecule has 0 aliphatic heterocycles. The molecule has 0 bridgehead atoms. The molecule has 2 unspecified atom stereocenters. The largest absolute Gasteiger partial charge is 0.466 e. The molecular formula is C10H13NO5S. The zero-order chi connectivity index (χ0) is 12.8. The summed E-state index contributed by atoms with van der Waals surface area (Å²) in [7, 11) is 0. The highest BCUT2D eigenvalue weighted by Gasteiger charge is 2.24. The minimum atomic E-state index is -1.30. The van der Waals surface area contributed by atoms with E-state index in [4.69, 9.17) is 0 Å². The van der Waals surface area contributed by atoms with E-state index in [2.05, 4.69) is 9.72 Å². The number of thiazole rings is 1. The Morgan fingerprint density at radius 1 is 1.65 bits per heavy atom. The number of carbonyl (C=O) groups excluding carboxylic acids is 2. The molecule has 0 aliphatic carbocycles. The number of aliphatic hydroxyl groups is 2. The van der Waals surface area contributed by atoms with Gasteiger partial charge in [-0.2, -0.15) is 0 Å². The molecule has 0 saturated heterocycles. The first-order valence-corrected chi connectivity index (χ1v) is 5.88. The van der Waals surface area contributed by atoms with Gasteiger partial charge in [0.25, 0.3) is 0 Å². The molecule has 0 saturated carbocycles. The number of nitrogens with zero attached hydrogens (tertiary/aromatic N) is 1. The highest BCUT2D eigenvalue weighted by atomic mass is 32.1. The summed E-state index contributed by atoms with van der Waals surface area (Å²) in [6.07, 6.45) is -2.36. The third-order valence-corrected chi connectivity index (χ3v) is 2.78. The summed E-state index contributed by atoms with van der Waals surface area (Å²) in [5.74, 6) is -0.593. The minimum Gasteiger partial charge on any atom is -0.466 e. The maximum atomic E-state index is 11.1. The van der Waals surface area contributed by atoms with E-state index in [1.54, 1.807) is 6.92 Å². The van der Waals surface area contributed by atoms with Crippen LogP contribution in [0.25, 0.3) is 0 Å². The third-order valence-electron chi connectivity index (χ3n) is 1.99. The van der Waals surface area contributed by atoms with Gasteiger partial charge in [-0.05, 0) is 6.92 Å². The Balaban J connectivity index is 2.59. The van der Waals surface area contributed by atoms with Crippen LogP contribution in [0.4, 0.5) is 0 Å². The molecule has 0 amide bonds. The average molecular weight is 259 g/mol. The number of hydrogen-bond acceptors (Lipinski definition) is 7. The number of rotatable bonds is 6. The lowest BCUT2D eigenvalue weighted by atomic mass is 10.1. The van der Waals surface area contributed by atoms with Crippen LogP contribution in [0.2, 0.25) is 0 Å². The Kier molecular flexibility index (Phi) is 5.20. The van der Waals surface area contributed by atoms with Gasteiger partial charge in [-0.1, -0.05) is 0 Å². The van der Waals surface area contributed by atoms with Gasteiger partial charge in [-0.3, -0.25) is 9.59 Å². The Bertz CT molecular complexity index is 392. The molecular weight excluding hydrogens is 246 g/mol. The first-order chi connectivity index (χ1) is 8.08. The van der Waals surface area contributed by atoms with E-state index >= 15 is 0 Å². The van der Waals surface area contributed by atoms with Crippen molar-refractivity contribution in [2.45, 2.75) is 25.6 Å². The first-order valence-electron chi connectivity index (χ1n) is 5.00. The van der Waals surface area contributed by atoms with Gasteiger partial charge in [0.1, 0.15) is 6.10 Å². The van der Waals surface area contributed by atoms with Crippen molar-refractivity contribution in [3.63, 3.8) is 0 Å². The Hall–Kier alpha value is -1.31. The highest BCUT2D eigenvalue weighted by Crippen LogP contribution is 2.20. The van der Waals surface area contributed by atoms with Crippen molar-refractivity contribution in [3.05, 3.63) is 16.1 Å². The number of ether oxygens (including phenoxy) is 1. The van der Waals surface area contributed by atoms with E-state index in [1.165, 1.54) is 5.38 Å². The summed E-state index contributed by atoms with van der Waals surface area (Å²) in [4.78, 5) is 25.3. The van der Waals surface area contributed by atoms with Crippen molar-refractivity contribution >= 4 is 23.6 Å². The van der Waals surface area contributed by atoms with E-state index in [0.29, 0.717) is 6.29 Å². The molecule has 1 heterocycles. The van der Waals surface area contributed by atoms with E-state index in [0.717, 1.165) is 11.3 Å². The van der Waals surface area contributed by atoms with Crippen LogP contribution in [0.1, 0.15) is 34.9 Å². The van der Waals surface area contributed by atoms with Crippen LogP contribution in [0.5, 0.6) is 0 Å². The lowest BCUT2D eigenvalue weighted by Crippen LogP contribution is -2.23. The van der Waals surface area contributed by atoms with Crippen molar-refractivity contribution in [1.29, 1.82) is 0 Å². The molecule has 1 aromatic heterocycles. The fourth-order valence-electron chi connectivity index (χ4n) is 1.19. The van der Waals surface area contributed by atoms with Crippen LogP contribution < -0.4 is 0 Å². The summed E-state index contributed by atoms with van der Waals surface area (Å²) >= 11 is 1.06. The molecule has 17 heavy (non-hydrogen) atoms. The standard InChI is InChI=1S/C10H13NO5S/c1-2-16-9(14)3-7(13)10(15)6-5-17-8(4-12)11-6/h4-5,7,10,13,15H,2-3H2,1H3. The average Bonchev–Trinajstić information content (AvgIpc) is 2.76. The number of hydrogen-bond donors (Lipinski definition) is 2. The topological polar surface area (TPSA) is 96.7 Å². The minimum absolute atomic E-state index is 0.175. The van der Waals surface area contributed by atoms with Crippen LogP contribution in [-0.2, 0) is 9.53 Å². The van der Waals surface area contributed by atoms with Gasteiger partial charge in [0.05, 0.1) is 24.8 Å². The monoisotopic (exact) mass is 259 g/mol. The third kappa shape index (κ3) is 3.88. The molecule has 0 aromatic carbocycles. The molecule has 2 atom stereocenters. The van der Waals surface area contributed by atoms with Gasteiger partial charge in [0.15, 0.2) is 11.3 Å². The van der Waals surface area contributed by atoms with Crippen LogP contribution >= 0.6 is 11.3 Å². The quantitative estimate of drug-likeness (QED) is 0.563. The first kappa shape index (κ1) is 13.8. The summed E-state index contributed by atoms with van der Waals surface area (Å²) in [5, 5.41) is 20.9. The van der Waals surface area contributed by atoms with Crippen molar-refractivity contribution < 1.29 is 24.5 Å².